The van der Waals surface area contributed by atoms with Crippen molar-refractivity contribution in [1.82, 2.24) is 10.3 Å². The SMILES string of the molecule is CC(C)(C)[PH+](CCNCc1ccccn1)C(C)(C)C.[CH-]=O.[Cl][OsH]. The number of hydrogen-bond acceptors (Lipinski definition) is 3. The zero-order valence-electron chi connectivity index (χ0n) is 15.1. The Morgan fingerprint density at radius 1 is 1.13 bits per heavy atom. The molecule has 0 unspecified atom stereocenters. The van der Waals surface area contributed by atoms with Crippen LogP contribution < -0.4 is 5.32 Å². The van der Waals surface area contributed by atoms with Crippen molar-refractivity contribution < 1.29 is 22.4 Å². The Kier molecular flexibility index (Phi) is 14.8. The van der Waals surface area contributed by atoms with E-state index >= 15 is 0 Å². The number of nitrogens with zero attached hydrogens (tertiary/aromatic N) is 1. The van der Waals surface area contributed by atoms with Gasteiger partial charge in [0, 0.05) is 27.2 Å². The molecular weight excluding hydrogens is 505 g/mol. The van der Waals surface area contributed by atoms with Crippen LogP contribution in [-0.2, 0) is 28.9 Å². The molecule has 1 aromatic rings. The van der Waals surface area contributed by atoms with Gasteiger partial charge < -0.3 is 10.1 Å². The van der Waals surface area contributed by atoms with E-state index < -0.39 is 7.92 Å². The molecular formula is C17H32ClN2OOsP. The topological polar surface area (TPSA) is 42.0 Å². The third kappa shape index (κ3) is 12.2. The first kappa shape index (κ1) is 25.4. The molecule has 23 heavy (non-hydrogen) atoms. The van der Waals surface area contributed by atoms with Crippen molar-refractivity contribution in [3.8, 4) is 0 Å². The van der Waals surface area contributed by atoms with E-state index in [-0.39, 0.29) is 0 Å². The molecule has 1 aromatic heterocycles. The van der Waals surface area contributed by atoms with Gasteiger partial charge in [-0.2, -0.15) is 0 Å². The summed E-state index contributed by atoms with van der Waals surface area (Å²) in [4.78, 5) is 12.1. The van der Waals surface area contributed by atoms with Gasteiger partial charge in [0.25, 0.3) is 0 Å². The van der Waals surface area contributed by atoms with E-state index in [9.17, 15) is 0 Å². The summed E-state index contributed by atoms with van der Waals surface area (Å²) >= 11 is 1.19. The number of halogens is 1. The Morgan fingerprint density at radius 3 is 2.04 bits per heavy atom. The van der Waals surface area contributed by atoms with Gasteiger partial charge in [0.1, 0.15) is 0 Å². The van der Waals surface area contributed by atoms with Gasteiger partial charge in [-0.15, -0.1) is 0 Å². The number of nitrogens with one attached hydrogen (secondary N) is 1. The zero-order valence-corrected chi connectivity index (χ0v) is 19.6. The molecule has 136 valence electrons. The standard InChI is InChI=1S/C16H29N2P.CHO.ClH.Os.H/c1-15(2,3)19(16(4,5)6)12-11-17-13-14-9-7-8-10-18-14;1-2;;;/h7-10,17H,11-13H2,1-6H3;1H;1H;;/q;-1;;+1;. The van der Waals surface area contributed by atoms with Crippen LogP contribution in [-0.4, -0.2) is 34.8 Å². The van der Waals surface area contributed by atoms with E-state index in [0.717, 1.165) is 18.8 Å². The summed E-state index contributed by atoms with van der Waals surface area (Å²) in [5.41, 5.74) is 1.13. The second-order valence-electron chi connectivity index (χ2n) is 7.23. The Morgan fingerprint density at radius 2 is 1.65 bits per heavy atom. The van der Waals surface area contributed by atoms with Crippen molar-refractivity contribution >= 4 is 24.3 Å². The van der Waals surface area contributed by atoms with E-state index in [1.165, 1.54) is 23.8 Å². The van der Waals surface area contributed by atoms with Crippen LogP contribution in [0.3, 0.4) is 0 Å². The molecule has 0 bridgehead atoms. The van der Waals surface area contributed by atoms with Crippen molar-refractivity contribution in [3.05, 3.63) is 30.1 Å². The fourth-order valence-corrected chi connectivity index (χ4v) is 6.98. The summed E-state index contributed by atoms with van der Waals surface area (Å²) in [6.07, 6.45) is 3.17. The van der Waals surface area contributed by atoms with E-state index in [1.54, 1.807) is 0 Å². The van der Waals surface area contributed by atoms with Crippen LogP contribution >= 0.6 is 17.6 Å². The molecule has 0 aliphatic carbocycles. The second-order valence-corrected chi connectivity index (χ2v) is 11.7. The van der Waals surface area contributed by atoms with Gasteiger partial charge in [-0.1, -0.05) is 6.07 Å². The molecule has 0 saturated heterocycles. The molecule has 1 N–H and O–H groups in total. The van der Waals surface area contributed by atoms with Crippen molar-refractivity contribution in [3.63, 3.8) is 0 Å². The van der Waals surface area contributed by atoms with E-state index in [2.05, 4.69) is 64.7 Å². The zero-order chi connectivity index (χ0) is 18.5. The minimum atomic E-state index is -0.412. The molecule has 0 fully saturated rings. The van der Waals surface area contributed by atoms with Gasteiger partial charge in [-0.05, 0) is 53.7 Å². The average molecular weight is 537 g/mol. The number of hydrogen-bond donors (Lipinski definition) is 1. The maximum absolute atomic E-state index is 7.75. The number of carbonyl (C=O) groups excluding carboxylic acids is 1. The van der Waals surface area contributed by atoms with E-state index in [1.807, 2.05) is 18.3 Å². The quantitative estimate of drug-likeness (QED) is 0.266. The molecule has 0 aliphatic rings. The Balaban J connectivity index is 0. The fourth-order valence-electron chi connectivity index (χ4n) is 2.81. The summed E-state index contributed by atoms with van der Waals surface area (Å²) in [6.45, 7) is 19.6. The second kappa shape index (κ2) is 13.4. The van der Waals surface area contributed by atoms with Crippen LogP contribution in [0.1, 0.15) is 47.2 Å². The van der Waals surface area contributed by atoms with Gasteiger partial charge in [0.2, 0.25) is 0 Å². The molecule has 1 heterocycles. The summed E-state index contributed by atoms with van der Waals surface area (Å²) in [6, 6.07) is 6.08. The molecule has 0 spiro atoms. The van der Waals surface area contributed by atoms with E-state index in [4.69, 9.17) is 14.4 Å². The van der Waals surface area contributed by atoms with Gasteiger partial charge >= 0.3 is 27.2 Å². The molecule has 0 aliphatic heterocycles. The molecule has 0 atom stereocenters. The van der Waals surface area contributed by atoms with Crippen molar-refractivity contribution in [2.75, 3.05) is 12.7 Å². The predicted octanol–water partition coefficient (Wildman–Crippen LogP) is 4.13. The first-order chi connectivity index (χ1) is 10.7. The van der Waals surface area contributed by atoms with Crippen LogP contribution in [0.5, 0.6) is 0 Å². The van der Waals surface area contributed by atoms with E-state index in [0.29, 0.717) is 10.3 Å². The first-order valence-corrected chi connectivity index (χ1v) is 12.6. The summed E-state index contributed by atoms with van der Waals surface area (Å²) in [5.74, 6) is 0. The molecule has 0 aromatic carbocycles. The number of aromatic nitrogens is 1. The van der Waals surface area contributed by atoms with Crippen LogP contribution in [0.4, 0.5) is 0 Å². The summed E-state index contributed by atoms with van der Waals surface area (Å²) in [7, 11) is 4.28. The van der Waals surface area contributed by atoms with Gasteiger partial charge in [0.05, 0.1) is 22.2 Å². The molecule has 0 saturated carbocycles. The van der Waals surface area contributed by atoms with Crippen molar-refractivity contribution in [1.29, 1.82) is 0 Å². The van der Waals surface area contributed by atoms with Crippen LogP contribution in [0.15, 0.2) is 24.4 Å². The molecule has 1 rings (SSSR count). The predicted molar refractivity (Wildman–Crippen MR) is 103 cm³/mol. The summed E-state index contributed by atoms with van der Waals surface area (Å²) < 4.78 is 0. The maximum atomic E-state index is 7.75. The van der Waals surface area contributed by atoms with Crippen LogP contribution in [0.2, 0.25) is 0 Å². The Hall–Kier alpha value is 0.136. The van der Waals surface area contributed by atoms with Gasteiger partial charge in [-0.25, -0.2) is 0 Å². The first-order valence-electron chi connectivity index (χ1n) is 7.56. The molecule has 3 nitrogen and oxygen atoms in total. The van der Waals surface area contributed by atoms with Crippen LogP contribution in [0.25, 0.3) is 0 Å². The normalized spacial score (nSPS) is 11.2. The van der Waals surface area contributed by atoms with Gasteiger partial charge in [-0.3, -0.25) is 11.8 Å². The van der Waals surface area contributed by atoms with Crippen molar-refractivity contribution in [2.45, 2.75) is 58.4 Å². The van der Waals surface area contributed by atoms with Crippen molar-refractivity contribution in [2.24, 2.45) is 0 Å². The monoisotopic (exact) mass is 538 g/mol. The third-order valence-electron chi connectivity index (χ3n) is 3.39. The average Bonchev–Trinajstić information content (AvgIpc) is 2.49. The number of rotatable bonds is 5. The summed E-state index contributed by atoms with van der Waals surface area (Å²) in [5, 5.41) is 4.45. The van der Waals surface area contributed by atoms with Crippen LogP contribution in [0, 0.1) is 0 Å². The molecule has 0 radical (unpaired) electrons. The third-order valence-corrected chi connectivity index (χ3v) is 7.77. The molecule has 0 amide bonds. The Bertz CT molecular complexity index is 380. The Labute approximate surface area is 158 Å². The number of pyridine rings is 1. The molecule has 6 heteroatoms. The van der Waals surface area contributed by atoms with Gasteiger partial charge in [0.15, 0.2) is 0 Å². The fraction of sp³-hybridized carbons (Fsp3) is 0.647. The minimum absolute atomic E-state index is 0.412.